The van der Waals surface area contributed by atoms with Gasteiger partial charge in [0.15, 0.2) is 0 Å². The molecular formula is C7H7ClF3N3O. The zero-order valence-electron chi connectivity index (χ0n) is 7.31. The molecule has 0 amide bonds. The van der Waals surface area contributed by atoms with Crippen molar-refractivity contribution in [1.82, 2.24) is 4.98 Å². The molecule has 0 aliphatic heterocycles. The Hall–Kier alpha value is -1.21. The van der Waals surface area contributed by atoms with E-state index in [4.69, 9.17) is 23.1 Å². The SMILES string of the molecule is NCc1c(Cl)cc(OC(F)(F)F)nc1N. The molecule has 0 atom stereocenters. The van der Waals surface area contributed by atoms with E-state index in [1.807, 2.05) is 0 Å². The molecule has 0 saturated heterocycles. The Balaban J connectivity index is 3.04. The minimum Gasteiger partial charge on any atom is -0.388 e. The highest BCUT2D eigenvalue weighted by atomic mass is 35.5. The van der Waals surface area contributed by atoms with Crippen LogP contribution in [0.2, 0.25) is 5.02 Å². The van der Waals surface area contributed by atoms with E-state index >= 15 is 0 Å². The van der Waals surface area contributed by atoms with Gasteiger partial charge in [0, 0.05) is 18.2 Å². The molecule has 8 heteroatoms. The van der Waals surface area contributed by atoms with Crippen molar-refractivity contribution in [1.29, 1.82) is 0 Å². The van der Waals surface area contributed by atoms with Crippen molar-refractivity contribution in [2.24, 2.45) is 5.73 Å². The first-order chi connectivity index (χ1) is 6.83. The molecule has 0 spiro atoms. The van der Waals surface area contributed by atoms with Crippen LogP contribution in [0.5, 0.6) is 5.88 Å². The third-order valence-corrected chi connectivity index (χ3v) is 1.84. The monoisotopic (exact) mass is 241 g/mol. The van der Waals surface area contributed by atoms with Crippen LogP contribution in [0.3, 0.4) is 0 Å². The largest absolute Gasteiger partial charge is 0.574 e. The van der Waals surface area contributed by atoms with Gasteiger partial charge in [0.05, 0.1) is 5.02 Å². The molecule has 4 N–H and O–H groups in total. The first-order valence-corrected chi connectivity index (χ1v) is 4.12. The Morgan fingerprint density at radius 1 is 1.47 bits per heavy atom. The van der Waals surface area contributed by atoms with Gasteiger partial charge in [-0.1, -0.05) is 11.6 Å². The van der Waals surface area contributed by atoms with Gasteiger partial charge in [-0.05, 0) is 0 Å². The number of anilines is 1. The van der Waals surface area contributed by atoms with Gasteiger partial charge in [-0.3, -0.25) is 0 Å². The third kappa shape index (κ3) is 3.14. The average molecular weight is 242 g/mol. The maximum atomic E-state index is 11.8. The van der Waals surface area contributed by atoms with Gasteiger partial charge < -0.3 is 16.2 Å². The Morgan fingerprint density at radius 2 is 2.07 bits per heavy atom. The molecule has 1 aromatic heterocycles. The lowest BCUT2D eigenvalue weighted by Crippen LogP contribution is -2.18. The molecule has 1 aromatic rings. The van der Waals surface area contributed by atoms with E-state index in [-0.39, 0.29) is 22.9 Å². The van der Waals surface area contributed by atoms with Crippen LogP contribution in [0.15, 0.2) is 6.07 Å². The number of halogens is 4. The number of nitrogens with two attached hydrogens (primary N) is 2. The fourth-order valence-electron chi connectivity index (χ4n) is 0.909. The fraction of sp³-hybridized carbons (Fsp3) is 0.286. The van der Waals surface area contributed by atoms with Gasteiger partial charge in [0.25, 0.3) is 0 Å². The van der Waals surface area contributed by atoms with Gasteiger partial charge in [-0.2, -0.15) is 4.98 Å². The average Bonchev–Trinajstić information content (AvgIpc) is 1.99. The Bertz CT molecular complexity index is 346. The lowest BCUT2D eigenvalue weighted by Gasteiger charge is -2.10. The van der Waals surface area contributed by atoms with E-state index in [1.165, 1.54) is 0 Å². The number of aromatic nitrogens is 1. The van der Waals surface area contributed by atoms with Crippen LogP contribution in [-0.4, -0.2) is 11.3 Å². The Kier molecular flexibility index (Phi) is 3.25. The molecule has 84 valence electrons. The van der Waals surface area contributed by atoms with Crippen molar-refractivity contribution in [3.63, 3.8) is 0 Å². The fourth-order valence-corrected chi connectivity index (χ4v) is 1.18. The summed E-state index contributed by atoms with van der Waals surface area (Å²) in [5.74, 6) is -0.883. The third-order valence-electron chi connectivity index (χ3n) is 1.50. The normalized spacial score (nSPS) is 11.5. The second-order valence-electron chi connectivity index (χ2n) is 2.56. The molecule has 4 nitrogen and oxygen atoms in total. The van der Waals surface area contributed by atoms with Crippen molar-refractivity contribution in [3.05, 3.63) is 16.7 Å². The van der Waals surface area contributed by atoms with Crippen molar-refractivity contribution in [2.75, 3.05) is 5.73 Å². The van der Waals surface area contributed by atoms with E-state index in [9.17, 15) is 13.2 Å². The Labute approximate surface area is 88.0 Å². The zero-order chi connectivity index (χ0) is 11.6. The first kappa shape index (κ1) is 11.9. The summed E-state index contributed by atoms with van der Waals surface area (Å²) in [4.78, 5) is 3.36. The lowest BCUT2D eigenvalue weighted by atomic mass is 10.2. The zero-order valence-corrected chi connectivity index (χ0v) is 8.06. The summed E-state index contributed by atoms with van der Waals surface area (Å²) in [6, 6.07) is 0.910. The van der Waals surface area contributed by atoms with Crippen LogP contribution in [0.25, 0.3) is 0 Å². The van der Waals surface area contributed by atoms with Crippen LogP contribution in [0, 0.1) is 0 Å². The smallest absolute Gasteiger partial charge is 0.388 e. The maximum absolute atomic E-state index is 11.8. The van der Waals surface area contributed by atoms with E-state index in [0.29, 0.717) is 0 Å². The Morgan fingerprint density at radius 3 is 2.47 bits per heavy atom. The molecule has 0 aliphatic rings. The predicted octanol–water partition coefficient (Wildman–Crippen LogP) is 1.67. The van der Waals surface area contributed by atoms with Crippen molar-refractivity contribution < 1.29 is 17.9 Å². The summed E-state index contributed by atoms with van der Waals surface area (Å²) in [7, 11) is 0. The highest BCUT2D eigenvalue weighted by Gasteiger charge is 2.32. The number of rotatable bonds is 2. The molecule has 15 heavy (non-hydrogen) atoms. The highest BCUT2D eigenvalue weighted by Crippen LogP contribution is 2.28. The quantitative estimate of drug-likeness (QED) is 0.826. The molecule has 1 rings (SSSR count). The molecule has 1 heterocycles. The lowest BCUT2D eigenvalue weighted by molar-refractivity contribution is -0.276. The molecule has 0 unspecified atom stereocenters. The minimum atomic E-state index is -4.83. The van der Waals surface area contributed by atoms with Crippen LogP contribution in [0.1, 0.15) is 5.56 Å². The summed E-state index contributed by atoms with van der Waals surface area (Å²) in [6.07, 6.45) is -4.83. The summed E-state index contributed by atoms with van der Waals surface area (Å²) >= 11 is 5.62. The van der Waals surface area contributed by atoms with Crippen molar-refractivity contribution in [3.8, 4) is 5.88 Å². The number of nitrogens with zero attached hydrogens (tertiary/aromatic N) is 1. The highest BCUT2D eigenvalue weighted by molar-refractivity contribution is 6.31. The van der Waals surface area contributed by atoms with Crippen molar-refractivity contribution >= 4 is 17.4 Å². The summed E-state index contributed by atoms with van der Waals surface area (Å²) in [5, 5.41) is -0.00995. The van der Waals surface area contributed by atoms with Crippen LogP contribution in [0.4, 0.5) is 19.0 Å². The maximum Gasteiger partial charge on any atom is 0.574 e. The number of ether oxygens (including phenoxy) is 1. The standard InChI is InChI=1S/C7H7ClF3N3O/c8-4-1-5(15-7(9,10)11)14-6(13)3(4)2-12/h1H,2,12H2,(H2,13,14). The van der Waals surface area contributed by atoms with E-state index < -0.39 is 12.2 Å². The molecule has 0 fully saturated rings. The molecule has 0 radical (unpaired) electrons. The predicted molar refractivity (Wildman–Crippen MR) is 48.2 cm³/mol. The van der Waals surface area contributed by atoms with Crippen LogP contribution < -0.4 is 16.2 Å². The van der Waals surface area contributed by atoms with Gasteiger partial charge in [-0.15, -0.1) is 13.2 Å². The summed E-state index contributed by atoms with van der Waals surface area (Å²) < 4.78 is 39.0. The molecule has 0 saturated carbocycles. The second kappa shape index (κ2) is 4.11. The topological polar surface area (TPSA) is 74.2 Å². The van der Waals surface area contributed by atoms with Gasteiger partial charge in [0.2, 0.25) is 5.88 Å². The van der Waals surface area contributed by atoms with Gasteiger partial charge in [-0.25, -0.2) is 0 Å². The minimum absolute atomic E-state index is 0.00995. The second-order valence-corrected chi connectivity index (χ2v) is 2.97. The molecule has 0 bridgehead atoms. The van der Waals surface area contributed by atoms with E-state index in [2.05, 4.69) is 9.72 Å². The summed E-state index contributed by atoms with van der Waals surface area (Å²) in [6.45, 7) is -0.00996. The van der Waals surface area contributed by atoms with E-state index in [0.717, 1.165) is 6.07 Å². The first-order valence-electron chi connectivity index (χ1n) is 3.74. The number of pyridine rings is 1. The van der Waals surface area contributed by atoms with E-state index in [1.54, 1.807) is 0 Å². The van der Waals surface area contributed by atoms with Crippen molar-refractivity contribution in [2.45, 2.75) is 12.9 Å². The number of nitrogen functional groups attached to an aromatic ring is 1. The molecule has 0 aliphatic carbocycles. The number of hydrogen-bond donors (Lipinski definition) is 2. The molecular weight excluding hydrogens is 235 g/mol. The number of alkyl halides is 3. The van der Waals surface area contributed by atoms with Gasteiger partial charge >= 0.3 is 6.36 Å². The molecule has 0 aromatic carbocycles. The summed E-state index contributed by atoms with van der Waals surface area (Å²) in [5.41, 5.74) is 10.9. The van der Waals surface area contributed by atoms with Crippen LogP contribution in [-0.2, 0) is 6.54 Å². The van der Waals surface area contributed by atoms with Gasteiger partial charge in [0.1, 0.15) is 5.82 Å². The number of hydrogen-bond acceptors (Lipinski definition) is 4. The van der Waals surface area contributed by atoms with Crippen LogP contribution >= 0.6 is 11.6 Å².